The quantitative estimate of drug-likeness (QED) is 0.663. The van der Waals surface area contributed by atoms with Crippen LogP contribution in [0.1, 0.15) is 17.7 Å². The molecule has 1 aliphatic rings. The molecule has 1 aromatic heterocycles. The molecule has 1 unspecified atom stereocenters. The number of allylic oxidation sites excluding steroid dienone is 1. The molecule has 1 aromatic carbocycles. The van der Waals surface area contributed by atoms with Gasteiger partial charge in [-0.15, -0.1) is 0 Å². The minimum Gasteiger partial charge on any atom is -0.250 e. The lowest BCUT2D eigenvalue weighted by molar-refractivity contribution is 0.544. The molecule has 0 N–H and O–H groups in total. The summed E-state index contributed by atoms with van der Waals surface area (Å²) >= 11 is 0. The standard InChI is InChI=1S/C12H10O2P/c13-15-12-8-4-2-6-10(12)9-5-1-3-7-11(9)14-15/h2-4,6-8H,1,5H2/q+1. The van der Waals surface area contributed by atoms with E-state index < -0.39 is 7.65 Å². The van der Waals surface area contributed by atoms with E-state index in [0.29, 0.717) is 0 Å². The summed E-state index contributed by atoms with van der Waals surface area (Å²) in [5.74, 6) is 0.793. The molecule has 0 aliphatic heterocycles. The minimum atomic E-state index is -1.71. The van der Waals surface area contributed by atoms with E-state index in [-0.39, 0.29) is 0 Å². The second kappa shape index (κ2) is 3.32. The van der Waals surface area contributed by atoms with Crippen molar-refractivity contribution in [2.45, 2.75) is 12.8 Å². The van der Waals surface area contributed by atoms with Crippen LogP contribution in [0.4, 0.5) is 0 Å². The molecular weight excluding hydrogens is 207 g/mol. The lowest BCUT2D eigenvalue weighted by atomic mass is 10.0. The Morgan fingerprint density at radius 1 is 1.27 bits per heavy atom. The van der Waals surface area contributed by atoms with Gasteiger partial charge < -0.3 is 0 Å². The van der Waals surface area contributed by atoms with Crippen LogP contribution in [0.25, 0.3) is 16.6 Å². The summed E-state index contributed by atoms with van der Waals surface area (Å²) in [6.45, 7) is 0. The summed E-state index contributed by atoms with van der Waals surface area (Å²) in [4.78, 5) is 0. The predicted molar refractivity (Wildman–Crippen MR) is 61.2 cm³/mol. The Kier molecular flexibility index (Phi) is 1.96. The number of fused-ring (bicyclic) bond motifs is 3. The fourth-order valence-electron chi connectivity index (χ4n) is 2.02. The van der Waals surface area contributed by atoms with Gasteiger partial charge in [0.05, 0.1) is 0 Å². The lowest BCUT2D eigenvalue weighted by Gasteiger charge is -2.06. The van der Waals surface area contributed by atoms with Crippen molar-refractivity contribution in [1.29, 1.82) is 0 Å². The average molecular weight is 217 g/mol. The molecule has 3 heteroatoms. The average Bonchev–Trinajstić information content (AvgIpc) is 2.30. The van der Waals surface area contributed by atoms with E-state index in [1.165, 1.54) is 5.56 Å². The first-order valence-electron chi connectivity index (χ1n) is 5.00. The number of benzene rings is 1. The normalized spacial score (nSPS) is 15.3. The molecular formula is C12H10O2P+. The maximum atomic E-state index is 11.8. The fraction of sp³-hybridized carbons (Fsp3) is 0.167. The molecule has 0 spiro atoms. The molecule has 74 valence electrons. The number of aryl methyl sites for hydroxylation is 1. The number of hydrogen-bond donors (Lipinski definition) is 0. The minimum absolute atomic E-state index is 0.793. The topological polar surface area (TPSA) is 30.2 Å². The third-order valence-corrected chi connectivity index (χ3v) is 3.88. The highest BCUT2D eigenvalue weighted by Gasteiger charge is 2.20. The third-order valence-electron chi connectivity index (χ3n) is 2.73. The fourth-order valence-corrected chi connectivity index (χ4v) is 3.08. The van der Waals surface area contributed by atoms with Crippen LogP contribution < -0.4 is 0 Å². The second-order valence-corrected chi connectivity index (χ2v) is 4.83. The molecule has 0 saturated heterocycles. The van der Waals surface area contributed by atoms with Crippen molar-refractivity contribution in [3.63, 3.8) is 0 Å². The first-order chi connectivity index (χ1) is 7.36. The molecule has 15 heavy (non-hydrogen) atoms. The Balaban J connectivity index is 2.51. The van der Waals surface area contributed by atoms with Gasteiger partial charge in [-0.2, -0.15) is 0 Å². The van der Waals surface area contributed by atoms with Crippen molar-refractivity contribution in [2.24, 2.45) is 0 Å². The zero-order chi connectivity index (χ0) is 10.3. The van der Waals surface area contributed by atoms with Gasteiger partial charge in [-0.05, 0) is 35.6 Å². The van der Waals surface area contributed by atoms with Gasteiger partial charge in [-0.1, -0.05) is 18.2 Å². The van der Waals surface area contributed by atoms with Crippen LogP contribution >= 0.6 is 7.65 Å². The summed E-state index contributed by atoms with van der Waals surface area (Å²) < 4.78 is 17.2. The van der Waals surface area contributed by atoms with E-state index >= 15 is 0 Å². The van der Waals surface area contributed by atoms with Gasteiger partial charge in [0, 0.05) is 10.9 Å². The van der Waals surface area contributed by atoms with Crippen molar-refractivity contribution in [2.75, 3.05) is 0 Å². The van der Waals surface area contributed by atoms with Crippen LogP contribution in [0.5, 0.6) is 0 Å². The maximum absolute atomic E-state index is 11.8. The molecule has 1 heterocycles. The van der Waals surface area contributed by atoms with Gasteiger partial charge >= 0.3 is 7.65 Å². The van der Waals surface area contributed by atoms with E-state index in [9.17, 15) is 4.57 Å². The molecule has 0 bridgehead atoms. The molecule has 3 rings (SSSR count). The zero-order valence-electron chi connectivity index (χ0n) is 8.14. The maximum Gasteiger partial charge on any atom is 0.597 e. The van der Waals surface area contributed by atoms with Crippen molar-refractivity contribution < 1.29 is 8.76 Å². The van der Waals surface area contributed by atoms with Gasteiger partial charge in [-0.3, -0.25) is 0 Å². The van der Waals surface area contributed by atoms with Crippen LogP contribution in [0.2, 0.25) is 0 Å². The summed E-state index contributed by atoms with van der Waals surface area (Å²) in [5.41, 5.74) is 1.20. The van der Waals surface area contributed by atoms with Crippen molar-refractivity contribution >= 4 is 24.2 Å². The molecule has 1 atom stereocenters. The summed E-state index contributed by atoms with van der Waals surface area (Å²) in [7, 11) is -1.71. The SMILES string of the molecule is O=[p+]1oc2c(c3ccccc31)CCC=C2. The van der Waals surface area contributed by atoms with Gasteiger partial charge in [-0.25, -0.2) is 4.20 Å². The Morgan fingerprint density at radius 2 is 2.13 bits per heavy atom. The monoisotopic (exact) mass is 217 g/mol. The van der Waals surface area contributed by atoms with Crippen LogP contribution in [-0.2, 0) is 11.0 Å². The molecule has 0 fully saturated rings. The molecule has 2 nitrogen and oxygen atoms in total. The highest BCUT2D eigenvalue weighted by molar-refractivity contribution is 7.36. The Labute approximate surface area is 88.1 Å². The summed E-state index contributed by atoms with van der Waals surface area (Å²) in [6.07, 6.45) is 6.01. The van der Waals surface area contributed by atoms with Crippen molar-refractivity contribution in [1.82, 2.24) is 0 Å². The number of rotatable bonds is 0. The lowest BCUT2D eigenvalue weighted by Crippen LogP contribution is -1.93. The van der Waals surface area contributed by atoms with E-state index in [2.05, 4.69) is 6.08 Å². The summed E-state index contributed by atoms with van der Waals surface area (Å²) in [6, 6.07) is 7.80. The van der Waals surface area contributed by atoms with E-state index in [1.54, 1.807) is 0 Å². The van der Waals surface area contributed by atoms with Crippen LogP contribution in [0.15, 0.2) is 34.5 Å². The van der Waals surface area contributed by atoms with Crippen molar-refractivity contribution in [3.05, 3.63) is 41.7 Å². The first kappa shape index (κ1) is 8.87. The largest absolute Gasteiger partial charge is 0.597 e. The van der Waals surface area contributed by atoms with E-state index in [4.69, 9.17) is 4.20 Å². The zero-order valence-corrected chi connectivity index (χ0v) is 9.04. The first-order valence-corrected chi connectivity index (χ1v) is 6.18. The summed E-state index contributed by atoms with van der Waals surface area (Å²) in [5, 5.41) is 1.94. The molecule has 0 radical (unpaired) electrons. The van der Waals surface area contributed by atoms with Gasteiger partial charge in [0.25, 0.3) is 0 Å². The Morgan fingerprint density at radius 3 is 3.07 bits per heavy atom. The highest BCUT2D eigenvalue weighted by Crippen LogP contribution is 2.36. The molecule has 0 amide bonds. The Bertz CT molecular complexity index is 611. The highest BCUT2D eigenvalue weighted by atomic mass is 31.1. The van der Waals surface area contributed by atoms with Crippen LogP contribution in [-0.4, -0.2) is 0 Å². The van der Waals surface area contributed by atoms with Crippen molar-refractivity contribution in [3.8, 4) is 0 Å². The smallest absolute Gasteiger partial charge is 0.250 e. The van der Waals surface area contributed by atoms with Crippen LogP contribution in [0.3, 0.4) is 0 Å². The third kappa shape index (κ3) is 1.33. The Hall–Kier alpha value is -1.40. The molecule has 1 aliphatic carbocycles. The van der Waals surface area contributed by atoms with Crippen LogP contribution in [0, 0.1) is 0 Å². The van der Waals surface area contributed by atoms with Gasteiger partial charge in [0.1, 0.15) is 0 Å². The second-order valence-electron chi connectivity index (χ2n) is 3.65. The van der Waals surface area contributed by atoms with E-state index in [0.717, 1.165) is 29.1 Å². The predicted octanol–water partition coefficient (Wildman–Crippen LogP) is 4.13. The number of hydrogen-bond acceptors (Lipinski definition) is 2. The van der Waals surface area contributed by atoms with Gasteiger partial charge in [0.2, 0.25) is 5.12 Å². The van der Waals surface area contributed by atoms with Gasteiger partial charge in [0.15, 0.2) is 5.76 Å². The van der Waals surface area contributed by atoms with E-state index in [1.807, 2.05) is 30.3 Å². The molecule has 0 saturated carbocycles. The molecule has 2 aromatic rings.